The molecule has 4 heterocycles. The molecule has 0 radical (unpaired) electrons. The van der Waals surface area contributed by atoms with Crippen LogP contribution in [0.1, 0.15) is 0 Å². The first-order valence-corrected chi connectivity index (χ1v) is 23.0. The Kier molecular flexibility index (Phi) is 7.85. The molecule has 0 unspecified atom stereocenters. The van der Waals surface area contributed by atoms with Crippen LogP contribution >= 0.6 is 11.3 Å². The molecule has 0 saturated carbocycles. The van der Waals surface area contributed by atoms with E-state index in [1.165, 1.54) is 108 Å². The van der Waals surface area contributed by atoms with Crippen molar-refractivity contribution in [2.45, 2.75) is 0 Å². The van der Waals surface area contributed by atoms with Gasteiger partial charge in [0.05, 0.1) is 33.3 Å². The fourth-order valence-corrected chi connectivity index (χ4v) is 11.8. The van der Waals surface area contributed by atoms with Crippen molar-refractivity contribution < 1.29 is 0 Å². The van der Waals surface area contributed by atoms with Gasteiger partial charge in [0.25, 0.3) is 0 Å². The predicted molar refractivity (Wildman–Crippen MR) is 277 cm³/mol. The molecular formula is C61H37N3S. The zero-order valence-electron chi connectivity index (χ0n) is 35.1. The van der Waals surface area contributed by atoms with Crippen LogP contribution in [0, 0.1) is 0 Å². The van der Waals surface area contributed by atoms with Gasteiger partial charge in [0, 0.05) is 74.8 Å². The molecule has 3 nitrogen and oxygen atoms in total. The number of pyridine rings is 1. The summed E-state index contributed by atoms with van der Waals surface area (Å²) in [5.74, 6) is 0. The molecule has 0 aliphatic rings. The molecule has 14 aromatic rings. The van der Waals surface area contributed by atoms with Crippen molar-refractivity contribution in [3.8, 4) is 44.9 Å². The number of rotatable bonds is 5. The maximum atomic E-state index is 5.28. The van der Waals surface area contributed by atoms with Crippen LogP contribution in [-0.2, 0) is 0 Å². The van der Waals surface area contributed by atoms with E-state index in [4.69, 9.17) is 4.98 Å². The van der Waals surface area contributed by atoms with E-state index in [0.717, 1.165) is 22.5 Å². The quantitative estimate of drug-likeness (QED) is 0.158. The molecule has 0 aliphatic heterocycles. The van der Waals surface area contributed by atoms with E-state index >= 15 is 0 Å². The molecule has 4 aromatic heterocycles. The van der Waals surface area contributed by atoms with Crippen LogP contribution in [0.15, 0.2) is 224 Å². The predicted octanol–water partition coefficient (Wildman–Crippen LogP) is 17.0. The highest BCUT2D eigenvalue weighted by Crippen LogP contribution is 2.44. The fourth-order valence-electron chi connectivity index (χ4n) is 10.5. The highest BCUT2D eigenvalue weighted by atomic mass is 32.1. The smallest absolute Gasteiger partial charge is 0.0788 e. The lowest BCUT2D eigenvalue weighted by molar-refractivity contribution is 1.18. The van der Waals surface area contributed by atoms with Gasteiger partial charge in [-0.3, -0.25) is 0 Å². The summed E-state index contributed by atoms with van der Waals surface area (Å²) in [6.07, 6.45) is 0. The van der Waals surface area contributed by atoms with Crippen LogP contribution in [0.4, 0.5) is 0 Å². The summed E-state index contributed by atoms with van der Waals surface area (Å²) in [5, 5.41) is 11.3. The summed E-state index contributed by atoms with van der Waals surface area (Å²) in [5.41, 5.74) is 15.0. The lowest BCUT2D eigenvalue weighted by Crippen LogP contribution is -1.94. The first-order valence-electron chi connectivity index (χ1n) is 22.2. The Morgan fingerprint density at radius 3 is 1.45 bits per heavy atom. The van der Waals surface area contributed by atoms with Crippen molar-refractivity contribution in [2.24, 2.45) is 0 Å². The number of para-hydroxylation sites is 4. The van der Waals surface area contributed by atoms with E-state index in [0.29, 0.717) is 0 Å². The average Bonchev–Trinajstić information content (AvgIpc) is 4.04. The second-order valence-corrected chi connectivity index (χ2v) is 18.1. The normalized spacial score (nSPS) is 12.0. The molecule has 0 fully saturated rings. The summed E-state index contributed by atoms with van der Waals surface area (Å²) in [6, 6.07) is 81.9. The number of thiophene rings is 1. The molecule has 302 valence electrons. The van der Waals surface area contributed by atoms with Gasteiger partial charge in [-0.1, -0.05) is 152 Å². The number of fused-ring (bicyclic) bond motifs is 13. The Hall–Kier alpha value is -8.31. The zero-order chi connectivity index (χ0) is 42.6. The topological polar surface area (TPSA) is 22.8 Å². The molecule has 0 amide bonds. The molecule has 14 rings (SSSR count). The van der Waals surface area contributed by atoms with Gasteiger partial charge < -0.3 is 9.13 Å². The highest BCUT2D eigenvalue weighted by molar-refractivity contribution is 7.26. The van der Waals surface area contributed by atoms with Crippen LogP contribution in [0.25, 0.3) is 130 Å². The van der Waals surface area contributed by atoms with Gasteiger partial charge in [-0.2, -0.15) is 0 Å². The molecule has 4 heteroatoms. The zero-order valence-corrected chi connectivity index (χ0v) is 35.9. The van der Waals surface area contributed by atoms with Crippen molar-refractivity contribution >= 4 is 96.8 Å². The van der Waals surface area contributed by atoms with Crippen molar-refractivity contribution in [3.63, 3.8) is 0 Å². The third-order valence-electron chi connectivity index (χ3n) is 13.5. The molecule has 0 N–H and O–H groups in total. The van der Waals surface area contributed by atoms with Crippen LogP contribution < -0.4 is 0 Å². The van der Waals surface area contributed by atoms with Gasteiger partial charge in [0.1, 0.15) is 0 Å². The minimum Gasteiger partial charge on any atom is -0.309 e. The fraction of sp³-hybridized carbons (Fsp3) is 0. The lowest BCUT2D eigenvalue weighted by atomic mass is 9.96. The average molecular weight is 844 g/mol. The Morgan fingerprint density at radius 1 is 0.308 bits per heavy atom. The number of hydrogen-bond donors (Lipinski definition) is 0. The second kappa shape index (κ2) is 14.1. The Labute approximate surface area is 378 Å². The molecule has 0 saturated heterocycles. The van der Waals surface area contributed by atoms with E-state index in [1.54, 1.807) is 0 Å². The number of hydrogen-bond acceptors (Lipinski definition) is 2. The standard InChI is InChI=1S/C61H37N3S/c1-2-12-43(13-3-1)63-54-19-9-5-14-45(54)51-36-41(28-34-56(51)63)42-29-35-57-52(37-42)46-15-6-10-20-55(46)64(57)44-30-26-39(27-31-44)38-22-24-40(25-23-38)60-50-33-32-48-47-16-7-11-21-58(47)65-61(48)59(50)49-17-4-8-18-53(49)62-60/h1-37H. The minimum atomic E-state index is 1.02. The summed E-state index contributed by atoms with van der Waals surface area (Å²) in [7, 11) is 0. The molecule has 0 spiro atoms. The van der Waals surface area contributed by atoms with Crippen LogP contribution in [0.2, 0.25) is 0 Å². The number of nitrogens with zero attached hydrogens (tertiary/aromatic N) is 3. The first kappa shape index (κ1) is 36.2. The Bertz CT molecular complexity index is 4210. The molecule has 0 atom stereocenters. The summed E-state index contributed by atoms with van der Waals surface area (Å²) in [6.45, 7) is 0. The summed E-state index contributed by atoms with van der Waals surface area (Å²) < 4.78 is 7.42. The SMILES string of the molecule is c1ccc(-n2c3ccccc3c3cc(-c4ccc5c(c4)c4ccccc4n5-c4ccc(-c5ccc(-c6nc7ccccc7c7c6ccc6c8ccccc8sc67)cc5)cc4)ccc32)cc1. The monoisotopic (exact) mass is 843 g/mol. The maximum Gasteiger partial charge on any atom is 0.0788 e. The molecule has 10 aromatic carbocycles. The summed E-state index contributed by atoms with van der Waals surface area (Å²) >= 11 is 1.88. The largest absolute Gasteiger partial charge is 0.309 e. The van der Waals surface area contributed by atoms with Crippen molar-refractivity contribution in [1.29, 1.82) is 0 Å². The maximum absolute atomic E-state index is 5.28. The number of aromatic nitrogens is 3. The number of benzene rings is 10. The van der Waals surface area contributed by atoms with Crippen molar-refractivity contribution in [1.82, 2.24) is 14.1 Å². The molecule has 65 heavy (non-hydrogen) atoms. The van der Waals surface area contributed by atoms with Gasteiger partial charge in [0.2, 0.25) is 0 Å². The van der Waals surface area contributed by atoms with E-state index < -0.39 is 0 Å². The third-order valence-corrected chi connectivity index (χ3v) is 14.7. The Balaban J connectivity index is 0.824. The van der Waals surface area contributed by atoms with Gasteiger partial charge in [-0.05, 0) is 95.1 Å². The van der Waals surface area contributed by atoms with Crippen LogP contribution in [0.3, 0.4) is 0 Å². The molecule has 0 bridgehead atoms. The third kappa shape index (κ3) is 5.51. The lowest BCUT2D eigenvalue weighted by Gasteiger charge is -2.12. The van der Waals surface area contributed by atoms with Gasteiger partial charge in [0.15, 0.2) is 0 Å². The van der Waals surface area contributed by atoms with Gasteiger partial charge in [-0.25, -0.2) is 4.98 Å². The molecular weight excluding hydrogens is 807 g/mol. The van der Waals surface area contributed by atoms with Crippen LogP contribution in [0.5, 0.6) is 0 Å². The highest BCUT2D eigenvalue weighted by Gasteiger charge is 2.18. The van der Waals surface area contributed by atoms with Crippen LogP contribution in [-0.4, -0.2) is 14.1 Å². The summed E-state index contributed by atoms with van der Waals surface area (Å²) in [4.78, 5) is 5.28. The van der Waals surface area contributed by atoms with Gasteiger partial charge >= 0.3 is 0 Å². The van der Waals surface area contributed by atoms with E-state index in [9.17, 15) is 0 Å². The van der Waals surface area contributed by atoms with Crippen molar-refractivity contribution in [2.75, 3.05) is 0 Å². The molecule has 0 aliphatic carbocycles. The van der Waals surface area contributed by atoms with E-state index in [1.807, 2.05) is 11.3 Å². The minimum absolute atomic E-state index is 1.02. The first-order chi connectivity index (χ1) is 32.2. The van der Waals surface area contributed by atoms with Crippen molar-refractivity contribution in [3.05, 3.63) is 224 Å². The van der Waals surface area contributed by atoms with E-state index in [-0.39, 0.29) is 0 Å². The van der Waals surface area contributed by atoms with E-state index in [2.05, 4.69) is 234 Å². The second-order valence-electron chi connectivity index (χ2n) is 17.1. The van der Waals surface area contributed by atoms with Gasteiger partial charge in [-0.15, -0.1) is 11.3 Å². The Morgan fingerprint density at radius 2 is 0.785 bits per heavy atom.